The van der Waals surface area contributed by atoms with Gasteiger partial charge in [0.1, 0.15) is 0 Å². The minimum atomic E-state index is 0.163. The zero-order chi connectivity index (χ0) is 12.3. The molecular weight excluding hydrogens is 236 g/mol. The summed E-state index contributed by atoms with van der Waals surface area (Å²) in [5, 5.41) is 0.778. The predicted octanol–water partition coefficient (Wildman–Crippen LogP) is 2.07. The number of nitrogens with two attached hydrogens (primary N) is 1. The van der Waals surface area contributed by atoms with Gasteiger partial charge in [-0.25, -0.2) is 0 Å². The Hall–Kier alpha value is -0.770. The van der Waals surface area contributed by atoms with E-state index in [4.69, 9.17) is 22.1 Å². The first-order valence-electron chi connectivity index (χ1n) is 6.03. The van der Waals surface area contributed by atoms with Crippen LogP contribution in [0.25, 0.3) is 0 Å². The van der Waals surface area contributed by atoms with E-state index in [1.807, 2.05) is 19.1 Å². The molecule has 2 N–H and O–H groups in total. The van der Waals surface area contributed by atoms with Gasteiger partial charge in [0.05, 0.1) is 13.2 Å². The highest BCUT2D eigenvalue weighted by Crippen LogP contribution is 2.26. The average molecular weight is 255 g/mol. The van der Waals surface area contributed by atoms with Crippen molar-refractivity contribution in [1.29, 1.82) is 0 Å². The van der Waals surface area contributed by atoms with Crippen molar-refractivity contribution in [3.63, 3.8) is 0 Å². The predicted molar refractivity (Wildman–Crippen MR) is 71.8 cm³/mol. The molecule has 0 spiro atoms. The monoisotopic (exact) mass is 254 g/mol. The van der Waals surface area contributed by atoms with Crippen LogP contribution in [0.3, 0.4) is 0 Å². The maximum Gasteiger partial charge on any atom is 0.0642 e. The second kappa shape index (κ2) is 5.71. The van der Waals surface area contributed by atoms with Crippen molar-refractivity contribution in [2.75, 3.05) is 31.2 Å². The van der Waals surface area contributed by atoms with Gasteiger partial charge in [-0.3, -0.25) is 0 Å². The Morgan fingerprint density at radius 2 is 2.12 bits per heavy atom. The molecule has 4 heteroatoms. The fourth-order valence-electron chi connectivity index (χ4n) is 2.16. The van der Waals surface area contributed by atoms with Crippen molar-refractivity contribution in [2.24, 2.45) is 5.73 Å². The van der Waals surface area contributed by atoms with Crippen molar-refractivity contribution < 1.29 is 4.74 Å². The molecule has 1 aliphatic rings. The van der Waals surface area contributed by atoms with E-state index in [-0.39, 0.29) is 6.04 Å². The first-order chi connectivity index (χ1) is 8.16. The Labute approximate surface area is 107 Å². The molecular formula is C13H19ClN2O. The van der Waals surface area contributed by atoms with E-state index in [1.165, 1.54) is 11.3 Å². The highest BCUT2D eigenvalue weighted by Gasteiger charge is 2.15. The Morgan fingerprint density at radius 3 is 2.76 bits per heavy atom. The molecule has 1 aromatic carbocycles. The molecule has 3 nitrogen and oxygen atoms in total. The van der Waals surface area contributed by atoms with Gasteiger partial charge < -0.3 is 15.4 Å². The highest BCUT2D eigenvalue weighted by molar-refractivity contribution is 6.30. The van der Waals surface area contributed by atoms with Gasteiger partial charge in [0.25, 0.3) is 0 Å². The molecule has 1 fully saturated rings. The van der Waals surface area contributed by atoms with Crippen LogP contribution in [0.5, 0.6) is 0 Å². The largest absolute Gasteiger partial charge is 0.378 e. The van der Waals surface area contributed by atoms with Crippen LogP contribution in [-0.2, 0) is 11.2 Å². The summed E-state index contributed by atoms with van der Waals surface area (Å²) in [7, 11) is 0. The smallest absolute Gasteiger partial charge is 0.0642 e. The Kier molecular flexibility index (Phi) is 4.26. The minimum absolute atomic E-state index is 0.163. The van der Waals surface area contributed by atoms with Gasteiger partial charge in [0.2, 0.25) is 0 Å². The Balaban J connectivity index is 2.25. The second-order valence-electron chi connectivity index (χ2n) is 4.55. The van der Waals surface area contributed by atoms with Crippen LogP contribution in [0.2, 0.25) is 5.02 Å². The Bertz CT molecular complexity index is 376. The van der Waals surface area contributed by atoms with Gasteiger partial charge in [-0.15, -0.1) is 0 Å². The van der Waals surface area contributed by atoms with Crippen LogP contribution in [0, 0.1) is 0 Å². The molecule has 0 aromatic heterocycles. The zero-order valence-electron chi connectivity index (χ0n) is 10.2. The third kappa shape index (κ3) is 3.35. The highest BCUT2D eigenvalue weighted by atomic mass is 35.5. The van der Waals surface area contributed by atoms with Gasteiger partial charge >= 0.3 is 0 Å². The standard InChI is InChI=1S/C13H19ClN2O/c1-10(15)8-11-2-3-12(14)9-13(11)16-4-6-17-7-5-16/h2-3,9-10H,4-8,15H2,1H3. The minimum Gasteiger partial charge on any atom is -0.378 e. The lowest BCUT2D eigenvalue weighted by atomic mass is 10.0. The first-order valence-corrected chi connectivity index (χ1v) is 6.41. The summed E-state index contributed by atoms with van der Waals surface area (Å²) in [5.41, 5.74) is 8.36. The summed E-state index contributed by atoms with van der Waals surface area (Å²) in [6.07, 6.45) is 0.879. The van der Waals surface area contributed by atoms with Crippen molar-refractivity contribution in [3.05, 3.63) is 28.8 Å². The summed E-state index contributed by atoms with van der Waals surface area (Å²) in [5.74, 6) is 0. The number of halogens is 1. The van der Waals surface area contributed by atoms with Crippen molar-refractivity contribution >= 4 is 17.3 Å². The fraction of sp³-hybridized carbons (Fsp3) is 0.538. The number of hydrogen-bond donors (Lipinski definition) is 1. The summed E-state index contributed by atoms with van der Waals surface area (Å²) in [6.45, 7) is 5.44. The number of nitrogens with zero attached hydrogens (tertiary/aromatic N) is 1. The number of ether oxygens (including phenoxy) is 1. The van der Waals surface area contributed by atoms with E-state index in [9.17, 15) is 0 Å². The molecule has 1 heterocycles. The zero-order valence-corrected chi connectivity index (χ0v) is 10.9. The van der Waals surface area contributed by atoms with Gasteiger partial charge in [0, 0.05) is 29.8 Å². The molecule has 0 aliphatic carbocycles. The number of morpholine rings is 1. The molecule has 0 amide bonds. The SMILES string of the molecule is CC(N)Cc1ccc(Cl)cc1N1CCOCC1. The van der Waals surface area contributed by atoms with Crippen molar-refractivity contribution in [1.82, 2.24) is 0 Å². The number of rotatable bonds is 3. The third-order valence-corrected chi connectivity index (χ3v) is 3.18. The molecule has 1 atom stereocenters. The van der Waals surface area contributed by atoms with E-state index in [0.29, 0.717) is 0 Å². The molecule has 17 heavy (non-hydrogen) atoms. The van der Waals surface area contributed by atoms with E-state index >= 15 is 0 Å². The van der Waals surface area contributed by atoms with E-state index in [0.717, 1.165) is 37.7 Å². The van der Waals surface area contributed by atoms with E-state index in [1.54, 1.807) is 0 Å². The lowest BCUT2D eigenvalue weighted by molar-refractivity contribution is 0.122. The van der Waals surface area contributed by atoms with Gasteiger partial charge in [-0.1, -0.05) is 17.7 Å². The van der Waals surface area contributed by atoms with Crippen molar-refractivity contribution in [2.45, 2.75) is 19.4 Å². The summed E-state index contributed by atoms with van der Waals surface area (Å²) in [6, 6.07) is 6.21. The summed E-state index contributed by atoms with van der Waals surface area (Å²) >= 11 is 6.08. The average Bonchev–Trinajstić information content (AvgIpc) is 2.32. The van der Waals surface area contributed by atoms with Crippen LogP contribution in [-0.4, -0.2) is 32.3 Å². The van der Waals surface area contributed by atoms with Gasteiger partial charge in [0.15, 0.2) is 0 Å². The summed E-state index contributed by atoms with van der Waals surface area (Å²) in [4.78, 5) is 2.33. The van der Waals surface area contributed by atoms with Crippen LogP contribution < -0.4 is 10.6 Å². The quantitative estimate of drug-likeness (QED) is 0.898. The molecule has 0 saturated carbocycles. The first kappa shape index (κ1) is 12.7. The molecule has 1 aliphatic heterocycles. The maximum atomic E-state index is 6.08. The maximum absolute atomic E-state index is 6.08. The molecule has 2 rings (SSSR count). The second-order valence-corrected chi connectivity index (χ2v) is 4.99. The van der Waals surface area contributed by atoms with Crippen LogP contribution >= 0.6 is 11.6 Å². The molecule has 0 radical (unpaired) electrons. The molecule has 1 unspecified atom stereocenters. The molecule has 1 saturated heterocycles. The van der Waals surface area contributed by atoms with Gasteiger partial charge in [-0.2, -0.15) is 0 Å². The number of hydrogen-bond acceptors (Lipinski definition) is 3. The molecule has 0 bridgehead atoms. The molecule has 94 valence electrons. The summed E-state index contributed by atoms with van der Waals surface area (Å²) < 4.78 is 5.37. The van der Waals surface area contributed by atoms with Crippen LogP contribution in [0.15, 0.2) is 18.2 Å². The molecule has 1 aromatic rings. The van der Waals surface area contributed by atoms with Crippen LogP contribution in [0.1, 0.15) is 12.5 Å². The lowest BCUT2D eigenvalue weighted by Gasteiger charge is -2.31. The third-order valence-electron chi connectivity index (χ3n) is 2.94. The fourth-order valence-corrected chi connectivity index (χ4v) is 2.32. The van der Waals surface area contributed by atoms with Crippen LogP contribution in [0.4, 0.5) is 5.69 Å². The topological polar surface area (TPSA) is 38.5 Å². The Morgan fingerprint density at radius 1 is 1.41 bits per heavy atom. The van der Waals surface area contributed by atoms with E-state index < -0.39 is 0 Å². The lowest BCUT2D eigenvalue weighted by Crippen LogP contribution is -2.37. The normalized spacial score (nSPS) is 18.2. The van der Waals surface area contributed by atoms with Crippen molar-refractivity contribution in [3.8, 4) is 0 Å². The number of benzene rings is 1. The van der Waals surface area contributed by atoms with E-state index in [2.05, 4.69) is 11.0 Å². The number of anilines is 1. The van der Waals surface area contributed by atoms with Gasteiger partial charge in [-0.05, 0) is 31.0 Å².